The van der Waals surface area contributed by atoms with Crippen LogP contribution in [0.15, 0.2) is 82.3 Å². The van der Waals surface area contributed by atoms with Gasteiger partial charge >= 0.3 is 0 Å². The second-order valence-electron chi connectivity index (χ2n) is 6.02. The molecule has 0 fully saturated rings. The van der Waals surface area contributed by atoms with E-state index in [1.54, 1.807) is 66.7 Å². The number of aryl methyl sites for hydroxylation is 1. The van der Waals surface area contributed by atoms with Gasteiger partial charge in [0.2, 0.25) is 5.91 Å². The van der Waals surface area contributed by atoms with Crippen LogP contribution in [-0.4, -0.2) is 20.9 Å². The van der Waals surface area contributed by atoms with Crippen LogP contribution in [0, 0.1) is 6.92 Å². The fourth-order valence-electron chi connectivity index (χ4n) is 2.53. The zero-order chi connectivity index (χ0) is 19.3. The Bertz CT molecular complexity index is 982. The number of hydrogen-bond acceptors (Lipinski definition) is 4. The van der Waals surface area contributed by atoms with Crippen molar-refractivity contribution in [3.05, 3.63) is 84.3 Å². The molecule has 140 valence electrons. The number of carbonyl (C=O) groups excluding carboxylic acids is 1. The van der Waals surface area contributed by atoms with Gasteiger partial charge in [-0.25, -0.2) is 8.42 Å². The lowest BCUT2D eigenvalue weighted by molar-refractivity contribution is -0.119. The van der Waals surface area contributed by atoms with Gasteiger partial charge in [0.05, 0.1) is 23.4 Å². The van der Waals surface area contributed by atoms with Gasteiger partial charge in [-0.1, -0.05) is 35.9 Å². The molecule has 0 aliphatic rings. The molecule has 3 aromatic rings. The average molecular weight is 384 g/mol. The molecule has 0 bridgehead atoms. The summed E-state index contributed by atoms with van der Waals surface area (Å²) in [4.78, 5) is 12.5. The molecule has 7 heteroatoms. The highest BCUT2D eigenvalue weighted by molar-refractivity contribution is 7.92. The second-order valence-corrected chi connectivity index (χ2v) is 7.88. The van der Waals surface area contributed by atoms with Crippen LogP contribution in [0.4, 0.5) is 5.69 Å². The van der Waals surface area contributed by atoms with E-state index in [0.29, 0.717) is 11.4 Å². The minimum atomic E-state index is -3.89. The summed E-state index contributed by atoms with van der Waals surface area (Å²) >= 11 is 0. The van der Waals surface area contributed by atoms with Crippen molar-refractivity contribution in [3.63, 3.8) is 0 Å². The molecule has 0 unspecified atom stereocenters. The van der Waals surface area contributed by atoms with E-state index >= 15 is 0 Å². The molecule has 2 aromatic carbocycles. The third-order valence-electron chi connectivity index (χ3n) is 3.98. The first-order valence-corrected chi connectivity index (χ1v) is 9.84. The zero-order valence-corrected chi connectivity index (χ0v) is 15.6. The number of hydrogen-bond donors (Lipinski definition) is 1. The van der Waals surface area contributed by atoms with E-state index in [1.807, 2.05) is 6.92 Å². The van der Waals surface area contributed by atoms with Crippen LogP contribution in [0.25, 0.3) is 0 Å². The van der Waals surface area contributed by atoms with E-state index in [1.165, 1.54) is 6.26 Å². The summed E-state index contributed by atoms with van der Waals surface area (Å²) in [5.74, 6) is 0.168. The predicted molar refractivity (Wildman–Crippen MR) is 103 cm³/mol. The van der Waals surface area contributed by atoms with Crippen molar-refractivity contribution in [1.82, 2.24) is 5.32 Å². The van der Waals surface area contributed by atoms with Gasteiger partial charge in [-0.15, -0.1) is 0 Å². The van der Waals surface area contributed by atoms with E-state index in [0.717, 1.165) is 9.87 Å². The number of rotatable bonds is 7. The number of sulfonamides is 1. The lowest BCUT2D eigenvalue weighted by atomic mass is 10.2. The van der Waals surface area contributed by atoms with Crippen LogP contribution < -0.4 is 9.62 Å². The topological polar surface area (TPSA) is 79.6 Å². The zero-order valence-electron chi connectivity index (χ0n) is 14.8. The molecule has 0 atom stereocenters. The maximum Gasteiger partial charge on any atom is 0.264 e. The lowest BCUT2D eigenvalue weighted by Crippen LogP contribution is -2.40. The van der Waals surface area contributed by atoms with Crippen molar-refractivity contribution in [2.24, 2.45) is 0 Å². The molecule has 0 saturated carbocycles. The highest BCUT2D eigenvalue weighted by Crippen LogP contribution is 2.23. The first kappa shape index (κ1) is 18.7. The van der Waals surface area contributed by atoms with Crippen molar-refractivity contribution in [1.29, 1.82) is 0 Å². The third-order valence-corrected chi connectivity index (χ3v) is 5.77. The third kappa shape index (κ3) is 4.57. The first-order valence-electron chi connectivity index (χ1n) is 8.40. The van der Waals surface area contributed by atoms with Crippen LogP contribution in [-0.2, 0) is 21.4 Å². The summed E-state index contributed by atoms with van der Waals surface area (Å²) < 4.78 is 32.6. The van der Waals surface area contributed by atoms with E-state index in [-0.39, 0.29) is 18.0 Å². The summed E-state index contributed by atoms with van der Waals surface area (Å²) in [6.45, 7) is 1.74. The minimum Gasteiger partial charge on any atom is -0.467 e. The SMILES string of the molecule is Cc1ccc(S(=O)(=O)N(CC(=O)NCc2ccco2)c2ccccc2)cc1. The van der Waals surface area contributed by atoms with E-state index in [9.17, 15) is 13.2 Å². The summed E-state index contributed by atoms with van der Waals surface area (Å²) in [6.07, 6.45) is 1.51. The minimum absolute atomic E-state index is 0.135. The Morgan fingerprint density at radius 1 is 1.00 bits per heavy atom. The maximum absolute atomic E-state index is 13.1. The highest BCUT2D eigenvalue weighted by atomic mass is 32.2. The molecule has 1 N–H and O–H groups in total. The molecule has 1 amide bonds. The van der Waals surface area contributed by atoms with Crippen molar-refractivity contribution in [2.45, 2.75) is 18.4 Å². The van der Waals surface area contributed by atoms with Crippen molar-refractivity contribution in [2.75, 3.05) is 10.8 Å². The fraction of sp³-hybridized carbons (Fsp3) is 0.150. The Hall–Kier alpha value is -3.06. The Morgan fingerprint density at radius 2 is 1.70 bits per heavy atom. The van der Waals surface area contributed by atoms with E-state index < -0.39 is 15.9 Å². The van der Waals surface area contributed by atoms with Gasteiger partial charge in [0.25, 0.3) is 10.0 Å². The predicted octanol–water partition coefficient (Wildman–Crippen LogP) is 3.10. The molecule has 27 heavy (non-hydrogen) atoms. The van der Waals surface area contributed by atoms with Crippen LogP contribution in [0.3, 0.4) is 0 Å². The molecule has 1 aromatic heterocycles. The number of nitrogens with zero attached hydrogens (tertiary/aromatic N) is 1. The number of nitrogens with one attached hydrogen (secondary N) is 1. The summed E-state index contributed by atoms with van der Waals surface area (Å²) in [6, 6.07) is 18.6. The van der Waals surface area contributed by atoms with Gasteiger partial charge in [0.1, 0.15) is 12.3 Å². The van der Waals surface area contributed by atoms with Crippen LogP contribution in [0.1, 0.15) is 11.3 Å². The number of carbonyl (C=O) groups is 1. The van der Waals surface area contributed by atoms with Gasteiger partial charge in [0, 0.05) is 0 Å². The Morgan fingerprint density at radius 3 is 2.33 bits per heavy atom. The summed E-state index contributed by atoms with van der Waals surface area (Å²) in [5, 5.41) is 2.68. The molecule has 0 radical (unpaired) electrons. The Labute approximate surface area is 158 Å². The van der Waals surface area contributed by atoms with Crippen molar-refractivity contribution in [3.8, 4) is 0 Å². The normalized spacial score (nSPS) is 11.1. The number of para-hydroxylation sites is 1. The Balaban J connectivity index is 1.85. The molecular formula is C20H20N2O4S. The van der Waals surface area contributed by atoms with Gasteiger partial charge in [-0.2, -0.15) is 0 Å². The fourth-order valence-corrected chi connectivity index (χ4v) is 3.95. The van der Waals surface area contributed by atoms with Crippen LogP contribution in [0.2, 0.25) is 0 Å². The molecule has 6 nitrogen and oxygen atoms in total. The van der Waals surface area contributed by atoms with Gasteiger partial charge in [-0.05, 0) is 43.3 Å². The molecule has 0 saturated heterocycles. The van der Waals surface area contributed by atoms with Gasteiger partial charge in [0.15, 0.2) is 0 Å². The van der Waals surface area contributed by atoms with Crippen LogP contribution >= 0.6 is 0 Å². The molecule has 3 rings (SSSR count). The lowest BCUT2D eigenvalue weighted by Gasteiger charge is -2.24. The summed E-state index contributed by atoms with van der Waals surface area (Å²) in [7, 11) is -3.89. The average Bonchev–Trinajstić information content (AvgIpc) is 3.19. The second kappa shape index (κ2) is 8.09. The van der Waals surface area contributed by atoms with Crippen molar-refractivity contribution < 1.29 is 17.6 Å². The largest absolute Gasteiger partial charge is 0.467 e. The molecule has 0 aliphatic heterocycles. The molecule has 0 aliphatic carbocycles. The van der Waals surface area contributed by atoms with E-state index in [4.69, 9.17) is 4.42 Å². The van der Waals surface area contributed by atoms with E-state index in [2.05, 4.69) is 5.32 Å². The standard InChI is InChI=1S/C20H20N2O4S/c1-16-9-11-19(12-10-16)27(24,25)22(17-6-3-2-4-7-17)15-20(23)21-14-18-8-5-13-26-18/h2-13H,14-15H2,1H3,(H,21,23). The number of furan rings is 1. The number of anilines is 1. The van der Waals surface area contributed by atoms with Gasteiger partial charge in [-0.3, -0.25) is 9.10 Å². The Kier molecular flexibility index (Phi) is 5.61. The smallest absolute Gasteiger partial charge is 0.264 e. The quantitative estimate of drug-likeness (QED) is 0.679. The molecular weight excluding hydrogens is 364 g/mol. The van der Waals surface area contributed by atoms with Crippen molar-refractivity contribution >= 4 is 21.6 Å². The molecule has 0 spiro atoms. The molecule has 1 heterocycles. The number of benzene rings is 2. The monoisotopic (exact) mass is 384 g/mol. The summed E-state index contributed by atoms with van der Waals surface area (Å²) in [5.41, 5.74) is 1.38. The van der Waals surface area contributed by atoms with Crippen LogP contribution in [0.5, 0.6) is 0 Å². The highest BCUT2D eigenvalue weighted by Gasteiger charge is 2.27. The first-order chi connectivity index (χ1) is 13.0. The maximum atomic E-state index is 13.1. The number of amides is 1. The van der Waals surface area contributed by atoms with Gasteiger partial charge < -0.3 is 9.73 Å².